The van der Waals surface area contributed by atoms with Crippen LogP contribution in [0, 0.1) is 17.6 Å². The van der Waals surface area contributed by atoms with Crippen molar-refractivity contribution >= 4 is 27.3 Å². The fourth-order valence-corrected chi connectivity index (χ4v) is 4.52. The molecule has 2 aromatic carbocycles. The molecule has 9 heteroatoms. The number of anilines is 1. The van der Waals surface area contributed by atoms with Crippen molar-refractivity contribution in [3.63, 3.8) is 0 Å². The molecule has 1 aliphatic rings. The monoisotopic (exact) mass is 464 g/mol. The van der Waals surface area contributed by atoms with E-state index in [4.69, 9.17) is 0 Å². The maximum Gasteiger partial charge on any atom is 0.256 e. The highest BCUT2D eigenvalue weighted by Crippen LogP contribution is 2.27. The van der Waals surface area contributed by atoms with Crippen molar-refractivity contribution in [3.05, 3.63) is 59.7 Å². The predicted molar refractivity (Wildman–Crippen MR) is 117 cm³/mol. The molecule has 0 unspecified atom stereocenters. The normalized spacial score (nSPS) is 15.1. The molecule has 6 nitrogen and oxygen atoms in total. The summed E-state index contributed by atoms with van der Waals surface area (Å²) < 4.78 is 50.5. The molecular weight excluding hydrogens is 438 g/mol. The summed E-state index contributed by atoms with van der Waals surface area (Å²) in [6, 6.07) is 8.89. The zero-order valence-corrected chi connectivity index (χ0v) is 19.0. The molecule has 0 bridgehead atoms. The van der Waals surface area contributed by atoms with Crippen LogP contribution in [-0.4, -0.2) is 50.5 Å². The van der Waals surface area contributed by atoms with E-state index >= 15 is 0 Å². The SMILES string of the molecule is CC(C)N(C(=O)C1CCN(C(=O)c2ccc(F)cc2F)CC1)c1ccc(S(C)(=O)=O)cc1. The van der Waals surface area contributed by atoms with Gasteiger partial charge in [0, 0.05) is 43.1 Å². The van der Waals surface area contributed by atoms with Crippen LogP contribution in [-0.2, 0) is 14.6 Å². The van der Waals surface area contributed by atoms with Crippen LogP contribution >= 0.6 is 0 Å². The smallest absolute Gasteiger partial charge is 0.256 e. The molecule has 172 valence electrons. The number of carbonyl (C=O) groups excluding carboxylic acids is 2. The Bertz CT molecular complexity index is 1110. The molecule has 1 aliphatic heterocycles. The number of halogens is 2. The fourth-order valence-electron chi connectivity index (χ4n) is 3.89. The first-order valence-corrected chi connectivity index (χ1v) is 12.3. The van der Waals surface area contributed by atoms with Crippen molar-refractivity contribution in [1.82, 2.24) is 4.90 Å². The lowest BCUT2D eigenvalue weighted by molar-refractivity contribution is -0.124. The minimum Gasteiger partial charge on any atom is -0.339 e. The second kappa shape index (κ2) is 9.36. The third-order valence-corrected chi connectivity index (χ3v) is 6.72. The lowest BCUT2D eigenvalue weighted by Gasteiger charge is -2.36. The number of sulfone groups is 1. The van der Waals surface area contributed by atoms with Gasteiger partial charge in [0.25, 0.3) is 5.91 Å². The summed E-state index contributed by atoms with van der Waals surface area (Å²) in [6.45, 7) is 4.31. The number of likely N-dealkylation sites (tertiary alicyclic amines) is 1. The zero-order valence-electron chi connectivity index (χ0n) is 18.2. The van der Waals surface area contributed by atoms with E-state index in [1.807, 2.05) is 13.8 Å². The highest BCUT2D eigenvalue weighted by molar-refractivity contribution is 7.90. The zero-order chi connectivity index (χ0) is 23.6. The van der Waals surface area contributed by atoms with Gasteiger partial charge >= 0.3 is 0 Å². The highest BCUT2D eigenvalue weighted by Gasteiger charge is 2.33. The Kier molecular flexibility index (Phi) is 6.97. The van der Waals surface area contributed by atoms with Crippen molar-refractivity contribution in [2.24, 2.45) is 5.92 Å². The van der Waals surface area contributed by atoms with Gasteiger partial charge in [0.05, 0.1) is 10.5 Å². The first kappa shape index (κ1) is 23.8. The second-order valence-corrected chi connectivity index (χ2v) is 10.3. The number of hydrogen-bond acceptors (Lipinski definition) is 4. The van der Waals surface area contributed by atoms with Gasteiger partial charge in [0.15, 0.2) is 9.84 Å². The van der Waals surface area contributed by atoms with Crippen LogP contribution < -0.4 is 4.90 Å². The summed E-state index contributed by atoms with van der Waals surface area (Å²) in [4.78, 5) is 29.2. The van der Waals surface area contributed by atoms with Crippen LogP contribution in [0.4, 0.5) is 14.5 Å². The number of piperidine rings is 1. The minimum atomic E-state index is -3.34. The van der Waals surface area contributed by atoms with Gasteiger partial charge in [0.1, 0.15) is 11.6 Å². The third kappa shape index (κ3) is 5.15. The largest absolute Gasteiger partial charge is 0.339 e. The van der Waals surface area contributed by atoms with Crippen LogP contribution in [0.2, 0.25) is 0 Å². The fraction of sp³-hybridized carbons (Fsp3) is 0.391. The van der Waals surface area contributed by atoms with Gasteiger partial charge in [-0.25, -0.2) is 17.2 Å². The number of hydrogen-bond donors (Lipinski definition) is 0. The Morgan fingerprint density at radius 3 is 2.12 bits per heavy atom. The summed E-state index contributed by atoms with van der Waals surface area (Å²) >= 11 is 0. The molecule has 0 radical (unpaired) electrons. The Labute approximate surface area is 186 Å². The van der Waals surface area contributed by atoms with E-state index < -0.39 is 27.4 Å². The number of rotatable bonds is 5. The number of amides is 2. The van der Waals surface area contributed by atoms with Gasteiger partial charge in [0.2, 0.25) is 5.91 Å². The van der Waals surface area contributed by atoms with Crippen LogP contribution in [0.5, 0.6) is 0 Å². The van der Waals surface area contributed by atoms with Crippen LogP contribution in [0.25, 0.3) is 0 Å². The van der Waals surface area contributed by atoms with Crippen LogP contribution in [0.15, 0.2) is 47.4 Å². The van der Waals surface area contributed by atoms with Crippen LogP contribution in [0.3, 0.4) is 0 Å². The van der Waals surface area contributed by atoms with E-state index in [1.165, 1.54) is 17.0 Å². The Balaban J connectivity index is 1.70. The molecule has 0 N–H and O–H groups in total. The standard InChI is InChI=1S/C23H26F2N2O4S/c1-15(2)27(18-5-7-19(8-6-18)32(3,30)31)22(28)16-10-12-26(13-11-16)23(29)20-9-4-17(24)14-21(20)25/h4-9,14-16H,10-13H2,1-3H3. The Morgan fingerprint density at radius 2 is 1.62 bits per heavy atom. The topological polar surface area (TPSA) is 74.8 Å². The molecule has 0 saturated carbocycles. The van der Waals surface area contributed by atoms with E-state index in [2.05, 4.69) is 0 Å². The summed E-state index contributed by atoms with van der Waals surface area (Å²) in [5, 5.41) is 0. The van der Waals surface area contributed by atoms with Crippen molar-refractivity contribution in [3.8, 4) is 0 Å². The first-order chi connectivity index (χ1) is 15.0. The number of carbonyl (C=O) groups is 2. The van der Waals surface area contributed by atoms with E-state index in [0.29, 0.717) is 24.6 Å². The van der Waals surface area contributed by atoms with E-state index in [-0.39, 0.29) is 41.4 Å². The molecule has 0 aromatic heterocycles. The number of nitrogens with zero attached hydrogens (tertiary/aromatic N) is 2. The van der Waals surface area contributed by atoms with Crippen molar-refractivity contribution in [1.29, 1.82) is 0 Å². The molecule has 1 heterocycles. The lowest BCUT2D eigenvalue weighted by Crippen LogP contribution is -2.46. The molecule has 3 rings (SSSR count). The van der Waals surface area contributed by atoms with Gasteiger partial charge in [-0.05, 0) is 63.1 Å². The Hall–Kier alpha value is -2.81. The summed E-state index contributed by atoms with van der Waals surface area (Å²) in [5.41, 5.74) is 0.412. The summed E-state index contributed by atoms with van der Waals surface area (Å²) in [6.07, 6.45) is 1.95. The highest BCUT2D eigenvalue weighted by atomic mass is 32.2. The summed E-state index contributed by atoms with van der Waals surface area (Å²) in [7, 11) is -3.34. The summed E-state index contributed by atoms with van der Waals surface area (Å²) in [5.74, 6) is -2.61. The maximum atomic E-state index is 14.0. The second-order valence-electron chi connectivity index (χ2n) is 8.26. The minimum absolute atomic E-state index is 0.104. The molecule has 32 heavy (non-hydrogen) atoms. The van der Waals surface area contributed by atoms with Gasteiger partial charge in [-0.15, -0.1) is 0 Å². The lowest BCUT2D eigenvalue weighted by atomic mass is 9.94. The van der Waals surface area contributed by atoms with Gasteiger partial charge < -0.3 is 9.80 Å². The van der Waals surface area contributed by atoms with E-state index in [1.54, 1.807) is 17.0 Å². The van der Waals surface area contributed by atoms with Crippen molar-refractivity contribution in [2.45, 2.75) is 37.6 Å². The molecule has 2 aromatic rings. The first-order valence-electron chi connectivity index (χ1n) is 10.4. The quantitative estimate of drug-likeness (QED) is 0.677. The molecule has 1 saturated heterocycles. The van der Waals surface area contributed by atoms with E-state index in [9.17, 15) is 26.8 Å². The Morgan fingerprint density at radius 1 is 1.03 bits per heavy atom. The molecule has 0 aliphatic carbocycles. The van der Waals surface area contributed by atoms with E-state index in [0.717, 1.165) is 18.4 Å². The maximum absolute atomic E-state index is 14.0. The number of benzene rings is 2. The van der Waals surface area contributed by atoms with Gasteiger partial charge in [-0.3, -0.25) is 9.59 Å². The average Bonchev–Trinajstić information content (AvgIpc) is 2.73. The van der Waals surface area contributed by atoms with Crippen molar-refractivity contribution < 1.29 is 26.8 Å². The molecule has 2 amide bonds. The molecular formula is C23H26F2N2O4S. The predicted octanol–water partition coefficient (Wildman–Crippen LogP) is 3.66. The van der Waals surface area contributed by atoms with Crippen LogP contribution in [0.1, 0.15) is 37.0 Å². The average molecular weight is 465 g/mol. The molecule has 0 spiro atoms. The molecule has 1 fully saturated rings. The van der Waals surface area contributed by atoms with Gasteiger partial charge in [-0.1, -0.05) is 0 Å². The van der Waals surface area contributed by atoms with Gasteiger partial charge in [-0.2, -0.15) is 0 Å². The van der Waals surface area contributed by atoms with Crippen molar-refractivity contribution in [2.75, 3.05) is 24.2 Å². The molecule has 0 atom stereocenters. The third-order valence-electron chi connectivity index (χ3n) is 5.59.